The molecule has 3 aromatic rings. The molecule has 0 bridgehead atoms. The summed E-state index contributed by atoms with van der Waals surface area (Å²) in [5.41, 5.74) is 1.95. The van der Waals surface area contributed by atoms with Crippen molar-refractivity contribution in [3.8, 4) is 0 Å². The van der Waals surface area contributed by atoms with Crippen LogP contribution in [0.15, 0.2) is 41.7 Å². The average molecular weight is 500 g/mol. The molecular formula is C23H29N7O4S. The number of hydrogen-bond acceptors (Lipinski definition) is 8. The summed E-state index contributed by atoms with van der Waals surface area (Å²) >= 11 is 0. The summed E-state index contributed by atoms with van der Waals surface area (Å²) in [5.74, 6) is 0.782. The lowest BCUT2D eigenvalue weighted by Gasteiger charge is -2.34. The number of sulfonamides is 1. The summed E-state index contributed by atoms with van der Waals surface area (Å²) in [7, 11) is -3.58. The van der Waals surface area contributed by atoms with Gasteiger partial charge in [-0.2, -0.15) is 4.31 Å². The maximum Gasteiger partial charge on any atom is 0.274 e. The smallest absolute Gasteiger partial charge is 0.274 e. The van der Waals surface area contributed by atoms with Gasteiger partial charge in [-0.15, -0.1) is 0 Å². The van der Waals surface area contributed by atoms with Crippen LogP contribution in [0.5, 0.6) is 0 Å². The number of nitrogens with zero attached hydrogens (tertiary/aromatic N) is 7. The Bertz CT molecular complexity index is 1300. The third-order valence-electron chi connectivity index (χ3n) is 6.53. The molecule has 0 saturated carbocycles. The molecule has 0 aliphatic carbocycles. The van der Waals surface area contributed by atoms with E-state index in [0.717, 1.165) is 31.0 Å². The highest BCUT2D eigenvalue weighted by molar-refractivity contribution is 7.89. The van der Waals surface area contributed by atoms with Crippen LogP contribution in [-0.2, 0) is 27.8 Å². The molecule has 2 fully saturated rings. The lowest BCUT2D eigenvalue weighted by atomic mass is 10.2. The molecular weight excluding hydrogens is 470 g/mol. The quantitative estimate of drug-likeness (QED) is 0.490. The van der Waals surface area contributed by atoms with Gasteiger partial charge in [0.25, 0.3) is 5.91 Å². The van der Waals surface area contributed by atoms with Gasteiger partial charge in [0.15, 0.2) is 0 Å². The van der Waals surface area contributed by atoms with Gasteiger partial charge in [-0.05, 0) is 25.1 Å². The van der Waals surface area contributed by atoms with E-state index >= 15 is 0 Å². The molecule has 12 heteroatoms. The van der Waals surface area contributed by atoms with E-state index in [1.165, 1.54) is 16.7 Å². The molecule has 0 atom stereocenters. The molecule has 2 saturated heterocycles. The number of piperazine rings is 1. The summed E-state index contributed by atoms with van der Waals surface area (Å²) in [6, 6.07) is 5.19. The van der Waals surface area contributed by atoms with Crippen molar-refractivity contribution in [3.63, 3.8) is 0 Å². The van der Waals surface area contributed by atoms with E-state index in [-0.39, 0.29) is 10.8 Å². The number of fused-ring (bicyclic) bond motifs is 1. The Hall–Kier alpha value is -2.93. The van der Waals surface area contributed by atoms with Crippen LogP contribution in [0.1, 0.15) is 23.2 Å². The molecule has 0 spiro atoms. The summed E-state index contributed by atoms with van der Waals surface area (Å²) in [6.45, 7) is 7.59. The summed E-state index contributed by atoms with van der Waals surface area (Å²) in [4.78, 5) is 29.9. The van der Waals surface area contributed by atoms with Crippen molar-refractivity contribution in [2.75, 3.05) is 52.5 Å². The molecule has 11 nitrogen and oxygen atoms in total. The Morgan fingerprint density at radius 1 is 1.06 bits per heavy atom. The maximum absolute atomic E-state index is 13.1. The first kappa shape index (κ1) is 23.8. The number of imidazole rings is 1. The van der Waals surface area contributed by atoms with Gasteiger partial charge < -0.3 is 14.2 Å². The van der Waals surface area contributed by atoms with E-state index in [1.54, 1.807) is 23.2 Å². The first-order chi connectivity index (χ1) is 17.0. The molecule has 2 aromatic heterocycles. The topological polar surface area (TPSA) is 114 Å². The number of benzene rings is 1. The third-order valence-corrected chi connectivity index (χ3v) is 8.42. The number of rotatable bonds is 6. The van der Waals surface area contributed by atoms with E-state index in [2.05, 4.69) is 26.4 Å². The minimum absolute atomic E-state index is 0.104. The molecule has 0 radical (unpaired) electrons. The molecule has 0 unspecified atom stereocenters. The zero-order valence-electron chi connectivity index (χ0n) is 19.7. The zero-order valence-corrected chi connectivity index (χ0v) is 20.5. The fraction of sp³-hybridized carbons (Fsp3) is 0.478. The highest BCUT2D eigenvalue weighted by Gasteiger charge is 2.28. The largest absolute Gasteiger partial charge is 0.379 e. The molecule has 4 heterocycles. The fourth-order valence-electron chi connectivity index (χ4n) is 4.61. The number of carbonyl (C=O) groups excluding carboxylic acids is 1. The number of aryl methyl sites for hydroxylation is 1. The Morgan fingerprint density at radius 3 is 2.51 bits per heavy atom. The summed E-state index contributed by atoms with van der Waals surface area (Å²) in [6.07, 6.45) is 4.57. The van der Waals surface area contributed by atoms with Gasteiger partial charge in [0.2, 0.25) is 10.0 Å². The van der Waals surface area contributed by atoms with Crippen molar-refractivity contribution in [1.82, 2.24) is 33.6 Å². The standard InChI is InChI=1S/C23H29N7O4S/c1-2-30-21-4-3-18(35(32,33)29-11-13-34-14-12-29)15-19(21)26-22(30)17-27-7-9-28(10-8-27)23(31)20-16-24-5-6-25-20/h3-6,15-16H,2,7-14,17H2,1H3. The Labute approximate surface area is 204 Å². The normalized spacial score (nSPS) is 18.3. The molecule has 5 rings (SSSR count). The first-order valence-electron chi connectivity index (χ1n) is 11.8. The highest BCUT2D eigenvalue weighted by atomic mass is 32.2. The van der Waals surface area contributed by atoms with E-state index in [9.17, 15) is 13.2 Å². The van der Waals surface area contributed by atoms with Crippen LogP contribution in [-0.4, -0.2) is 100 Å². The monoisotopic (exact) mass is 499 g/mol. The van der Waals surface area contributed by atoms with Crippen molar-refractivity contribution >= 4 is 27.0 Å². The van der Waals surface area contributed by atoms with Gasteiger partial charge in [-0.3, -0.25) is 14.7 Å². The van der Waals surface area contributed by atoms with Crippen LogP contribution in [0.3, 0.4) is 0 Å². The maximum atomic E-state index is 13.1. The second-order valence-electron chi connectivity index (χ2n) is 8.60. The third kappa shape index (κ3) is 4.79. The second-order valence-corrected chi connectivity index (χ2v) is 10.5. The fourth-order valence-corrected chi connectivity index (χ4v) is 6.04. The van der Waals surface area contributed by atoms with E-state index in [1.807, 2.05) is 6.07 Å². The van der Waals surface area contributed by atoms with Gasteiger partial charge in [-0.25, -0.2) is 18.4 Å². The molecule has 1 amide bonds. The lowest BCUT2D eigenvalue weighted by molar-refractivity contribution is 0.0618. The SMILES string of the molecule is CCn1c(CN2CCN(C(=O)c3cnccn3)CC2)nc2cc(S(=O)(=O)N3CCOCC3)ccc21. The molecule has 2 aliphatic heterocycles. The van der Waals surface area contributed by atoms with Gasteiger partial charge in [0.1, 0.15) is 11.5 Å². The van der Waals surface area contributed by atoms with Crippen LogP contribution in [0.25, 0.3) is 11.0 Å². The Kier molecular flexibility index (Phi) is 6.78. The Morgan fingerprint density at radius 2 is 1.83 bits per heavy atom. The molecule has 35 heavy (non-hydrogen) atoms. The van der Waals surface area contributed by atoms with Crippen molar-refractivity contribution in [1.29, 1.82) is 0 Å². The van der Waals surface area contributed by atoms with Gasteiger partial charge in [-0.1, -0.05) is 0 Å². The predicted molar refractivity (Wildman–Crippen MR) is 128 cm³/mol. The zero-order chi connectivity index (χ0) is 24.4. The Balaban J connectivity index is 1.30. The van der Waals surface area contributed by atoms with Crippen molar-refractivity contribution in [3.05, 3.63) is 48.3 Å². The number of carbonyl (C=O) groups is 1. The summed E-state index contributed by atoms with van der Waals surface area (Å²) in [5, 5.41) is 0. The van der Waals surface area contributed by atoms with E-state index in [0.29, 0.717) is 57.1 Å². The first-order valence-corrected chi connectivity index (χ1v) is 13.3. The van der Waals surface area contributed by atoms with E-state index < -0.39 is 10.0 Å². The highest BCUT2D eigenvalue weighted by Crippen LogP contribution is 2.24. The lowest BCUT2D eigenvalue weighted by Crippen LogP contribution is -2.48. The molecule has 0 N–H and O–H groups in total. The van der Waals surface area contributed by atoms with Gasteiger partial charge >= 0.3 is 0 Å². The minimum atomic E-state index is -3.58. The number of amides is 1. The van der Waals surface area contributed by atoms with Crippen LogP contribution >= 0.6 is 0 Å². The number of ether oxygens (including phenoxy) is 1. The number of hydrogen-bond donors (Lipinski definition) is 0. The van der Waals surface area contributed by atoms with Crippen molar-refractivity contribution in [2.24, 2.45) is 0 Å². The average Bonchev–Trinajstić information content (AvgIpc) is 3.25. The van der Waals surface area contributed by atoms with Crippen LogP contribution in [0.4, 0.5) is 0 Å². The molecule has 1 aromatic carbocycles. The molecule has 2 aliphatic rings. The van der Waals surface area contributed by atoms with Crippen LogP contribution in [0.2, 0.25) is 0 Å². The molecule has 186 valence electrons. The summed E-state index contributed by atoms with van der Waals surface area (Å²) < 4.78 is 35.1. The van der Waals surface area contributed by atoms with E-state index in [4.69, 9.17) is 9.72 Å². The van der Waals surface area contributed by atoms with Crippen molar-refractivity contribution < 1.29 is 17.9 Å². The number of morpholine rings is 1. The van der Waals surface area contributed by atoms with Crippen molar-refractivity contribution in [2.45, 2.75) is 24.9 Å². The van der Waals surface area contributed by atoms with Crippen LogP contribution < -0.4 is 0 Å². The predicted octanol–water partition coefficient (Wildman–Crippen LogP) is 0.825. The minimum Gasteiger partial charge on any atom is -0.379 e. The van der Waals surface area contributed by atoms with Gasteiger partial charge in [0, 0.05) is 58.2 Å². The number of aromatic nitrogens is 4. The van der Waals surface area contributed by atoms with Gasteiger partial charge in [0.05, 0.1) is 41.9 Å². The second kappa shape index (κ2) is 9.97. The van der Waals surface area contributed by atoms with Crippen LogP contribution in [0, 0.1) is 0 Å².